The predicted molar refractivity (Wildman–Crippen MR) is 138 cm³/mol. The highest BCUT2D eigenvalue weighted by Gasteiger charge is 2.57. The number of nitriles is 1. The maximum absolute atomic E-state index is 14.2. The first-order valence-corrected chi connectivity index (χ1v) is 12.9. The molecule has 2 heterocycles. The molecular weight excluding hydrogens is 454 g/mol. The fourth-order valence-corrected chi connectivity index (χ4v) is 5.74. The van der Waals surface area contributed by atoms with Gasteiger partial charge in [0.25, 0.3) is 0 Å². The molecule has 1 N–H and O–H groups in total. The van der Waals surface area contributed by atoms with Gasteiger partial charge in [-0.3, -0.25) is 19.3 Å². The van der Waals surface area contributed by atoms with Crippen LogP contribution in [0, 0.1) is 22.7 Å². The van der Waals surface area contributed by atoms with Gasteiger partial charge in [-0.15, -0.1) is 0 Å². The minimum Gasteiger partial charge on any atom is -0.332 e. The number of fused-ring (bicyclic) bond motifs is 2. The summed E-state index contributed by atoms with van der Waals surface area (Å²) in [7, 11) is 5.53. The average molecular weight is 494 g/mol. The van der Waals surface area contributed by atoms with E-state index in [0.717, 1.165) is 30.5 Å². The van der Waals surface area contributed by atoms with Crippen LogP contribution in [0.25, 0.3) is 0 Å². The zero-order valence-corrected chi connectivity index (χ0v) is 22.4. The molecule has 0 unspecified atom stereocenters. The summed E-state index contributed by atoms with van der Waals surface area (Å²) in [5.41, 5.74) is 0.399. The van der Waals surface area contributed by atoms with Crippen LogP contribution in [0.5, 0.6) is 0 Å². The second kappa shape index (κ2) is 9.51. The average Bonchev–Trinajstić information content (AvgIpc) is 3.49. The molecule has 1 aromatic carbocycles. The Balaban J connectivity index is 1.64. The minimum absolute atomic E-state index is 0.0686. The largest absolute Gasteiger partial charge is 0.332 e. The van der Waals surface area contributed by atoms with Crippen molar-refractivity contribution in [2.45, 2.75) is 76.4 Å². The lowest BCUT2D eigenvalue weighted by atomic mass is 9.80. The Morgan fingerprint density at radius 1 is 1.19 bits per heavy atom. The summed E-state index contributed by atoms with van der Waals surface area (Å²) in [6.07, 6.45) is 3.79. The van der Waals surface area contributed by atoms with E-state index in [1.165, 1.54) is 0 Å². The summed E-state index contributed by atoms with van der Waals surface area (Å²) in [6, 6.07) is 8.02. The Morgan fingerprint density at radius 2 is 1.86 bits per heavy atom. The monoisotopic (exact) mass is 493 g/mol. The van der Waals surface area contributed by atoms with E-state index in [0.29, 0.717) is 12.3 Å². The molecule has 36 heavy (non-hydrogen) atoms. The van der Waals surface area contributed by atoms with Crippen LogP contribution in [0.15, 0.2) is 24.3 Å². The number of amides is 3. The van der Waals surface area contributed by atoms with Crippen LogP contribution in [0.2, 0.25) is 0 Å². The number of likely N-dealkylation sites (tertiary alicyclic amines) is 1. The second-order valence-electron chi connectivity index (χ2n) is 12.3. The zero-order valence-electron chi connectivity index (χ0n) is 22.4. The van der Waals surface area contributed by atoms with Crippen LogP contribution in [0.3, 0.4) is 0 Å². The summed E-state index contributed by atoms with van der Waals surface area (Å²) in [6.45, 7) is 6.28. The molecule has 0 bridgehead atoms. The van der Waals surface area contributed by atoms with Gasteiger partial charge in [0.1, 0.15) is 12.1 Å². The third-order valence-corrected chi connectivity index (χ3v) is 7.98. The van der Waals surface area contributed by atoms with Gasteiger partial charge in [-0.05, 0) is 49.9 Å². The highest BCUT2D eigenvalue weighted by atomic mass is 16.2. The normalized spacial score (nSPS) is 24.9. The first-order valence-electron chi connectivity index (χ1n) is 12.9. The third kappa shape index (κ3) is 4.86. The molecule has 8 heteroatoms. The summed E-state index contributed by atoms with van der Waals surface area (Å²) < 4.78 is 0. The van der Waals surface area contributed by atoms with Crippen LogP contribution in [0.1, 0.15) is 58.4 Å². The molecule has 1 saturated carbocycles. The number of para-hydroxylation sites is 1. The number of nitrogens with one attached hydrogen (secondary N) is 1. The van der Waals surface area contributed by atoms with Gasteiger partial charge in [0.2, 0.25) is 17.7 Å². The van der Waals surface area contributed by atoms with Crippen molar-refractivity contribution in [3.63, 3.8) is 0 Å². The molecule has 3 amide bonds. The first-order chi connectivity index (χ1) is 16.9. The van der Waals surface area contributed by atoms with Crippen LogP contribution in [0.4, 0.5) is 5.69 Å². The number of carbonyl (C=O) groups excluding carboxylic acids is 3. The molecule has 1 spiro atoms. The van der Waals surface area contributed by atoms with Crippen molar-refractivity contribution in [3.8, 4) is 6.07 Å². The van der Waals surface area contributed by atoms with Crippen molar-refractivity contribution in [3.05, 3.63) is 29.8 Å². The summed E-state index contributed by atoms with van der Waals surface area (Å²) in [4.78, 5) is 46.1. The maximum atomic E-state index is 14.2. The highest BCUT2D eigenvalue weighted by Crippen LogP contribution is 2.46. The number of rotatable bonds is 7. The molecule has 0 aromatic heterocycles. The smallest absolute Gasteiger partial charge is 0.246 e. The molecule has 4 atom stereocenters. The number of benzene rings is 1. The van der Waals surface area contributed by atoms with Gasteiger partial charge in [0.05, 0.1) is 17.5 Å². The van der Waals surface area contributed by atoms with E-state index in [9.17, 15) is 19.6 Å². The van der Waals surface area contributed by atoms with Gasteiger partial charge in [-0.25, -0.2) is 0 Å². The van der Waals surface area contributed by atoms with Gasteiger partial charge >= 0.3 is 0 Å². The lowest BCUT2D eigenvalue weighted by Crippen LogP contribution is -2.56. The van der Waals surface area contributed by atoms with Crippen molar-refractivity contribution < 1.29 is 14.4 Å². The Kier molecular flexibility index (Phi) is 6.91. The number of anilines is 1. The molecule has 2 aliphatic heterocycles. The van der Waals surface area contributed by atoms with Gasteiger partial charge in [0, 0.05) is 25.7 Å². The van der Waals surface area contributed by atoms with Crippen molar-refractivity contribution in [2.24, 2.45) is 11.3 Å². The van der Waals surface area contributed by atoms with Gasteiger partial charge < -0.3 is 15.1 Å². The Bertz CT molecular complexity index is 1080. The quantitative estimate of drug-likeness (QED) is 0.630. The molecule has 2 fully saturated rings. The first kappa shape index (κ1) is 26.2. The van der Waals surface area contributed by atoms with E-state index in [2.05, 4.69) is 11.4 Å². The lowest BCUT2D eigenvalue weighted by molar-refractivity contribution is -0.148. The number of carbonyl (C=O) groups is 3. The number of likely N-dealkylation sites (N-methyl/N-ethyl adjacent to an activating group) is 2. The fourth-order valence-electron chi connectivity index (χ4n) is 5.74. The van der Waals surface area contributed by atoms with E-state index < -0.39 is 17.5 Å². The maximum Gasteiger partial charge on any atom is 0.246 e. The summed E-state index contributed by atoms with van der Waals surface area (Å²) in [5.74, 6) is 0.0632. The molecule has 1 aliphatic carbocycles. The summed E-state index contributed by atoms with van der Waals surface area (Å²) >= 11 is 0. The molecule has 194 valence electrons. The van der Waals surface area contributed by atoms with Gasteiger partial charge in [0.15, 0.2) is 0 Å². The SMILES string of the molecule is CN(C)[C@@H](CC1CC1)C(=O)N(C)[C@@H](CC(C)(C)C)C(=O)N1C[C@]2(C[C@H]1C#N)C(=O)Nc1ccccc12. The van der Waals surface area contributed by atoms with Crippen LogP contribution < -0.4 is 5.32 Å². The molecule has 3 aliphatic rings. The molecule has 4 rings (SSSR count). The summed E-state index contributed by atoms with van der Waals surface area (Å²) in [5, 5.41) is 13.0. The molecule has 0 radical (unpaired) electrons. The van der Waals surface area contributed by atoms with Crippen molar-refractivity contribution >= 4 is 23.4 Å². The second-order valence-corrected chi connectivity index (χ2v) is 12.3. The molecule has 1 aromatic rings. The number of hydrogen-bond donors (Lipinski definition) is 1. The standard InChI is InChI=1S/C28H39N5O3/c1-27(2,3)15-23(32(6)24(34)22(31(4)5)13-18-11-12-18)25(35)33-17-28(14-19(33)16-29)20-9-7-8-10-21(20)30-26(28)36/h7-10,18-19,22-23H,11-15,17H2,1-6H3,(H,30,36)/t19-,22-,23-,28-/m0/s1. The van der Waals surface area contributed by atoms with Crippen LogP contribution >= 0.6 is 0 Å². The predicted octanol–water partition coefficient (Wildman–Crippen LogP) is 2.99. The fraction of sp³-hybridized carbons (Fsp3) is 0.643. The topological polar surface area (TPSA) is 96.8 Å². The van der Waals surface area contributed by atoms with E-state index in [-0.39, 0.29) is 42.1 Å². The lowest BCUT2D eigenvalue weighted by Gasteiger charge is -2.38. The van der Waals surface area contributed by atoms with E-state index >= 15 is 0 Å². The number of hydrogen-bond acceptors (Lipinski definition) is 5. The van der Waals surface area contributed by atoms with E-state index in [1.54, 1.807) is 16.8 Å². The molecule has 8 nitrogen and oxygen atoms in total. The Morgan fingerprint density at radius 3 is 2.44 bits per heavy atom. The highest BCUT2D eigenvalue weighted by molar-refractivity contribution is 6.07. The Hall–Kier alpha value is -2.92. The molecule has 1 saturated heterocycles. The van der Waals surface area contributed by atoms with Crippen molar-refractivity contribution in [1.29, 1.82) is 5.26 Å². The van der Waals surface area contributed by atoms with E-state index in [1.807, 2.05) is 64.0 Å². The van der Waals surface area contributed by atoms with Crippen molar-refractivity contribution in [2.75, 3.05) is 33.0 Å². The van der Waals surface area contributed by atoms with E-state index in [4.69, 9.17) is 0 Å². The molecular formula is C28H39N5O3. The number of nitrogens with zero attached hydrogens (tertiary/aromatic N) is 4. The Labute approximate surface area is 214 Å². The van der Waals surface area contributed by atoms with Crippen LogP contribution in [-0.4, -0.2) is 78.2 Å². The van der Waals surface area contributed by atoms with Gasteiger partial charge in [-0.2, -0.15) is 5.26 Å². The third-order valence-electron chi connectivity index (χ3n) is 7.98. The van der Waals surface area contributed by atoms with Crippen molar-refractivity contribution in [1.82, 2.24) is 14.7 Å². The van der Waals surface area contributed by atoms with Crippen LogP contribution in [-0.2, 0) is 19.8 Å². The minimum atomic E-state index is -0.945. The zero-order chi connectivity index (χ0) is 26.4. The van der Waals surface area contributed by atoms with Gasteiger partial charge in [-0.1, -0.05) is 51.8 Å².